The SMILES string of the molecule is CC(O)CC(C)Nc1cccc(C#N)c1[N+](=O)[O-]. The molecule has 1 aromatic rings. The van der Waals surface area contributed by atoms with Crippen LogP contribution in [0.3, 0.4) is 0 Å². The zero-order chi connectivity index (χ0) is 13.7. The average molecular weight is 249 g/mol. The third-order valence-corrected chi connectivity index (χ3v) is 2.44. The number of para-hydroxylation sites is 1. The molecule has 2 N–H and O–H groups in total. The number of nitro groups is 1. The second-order valence-corrected chi connectivity index (χ2v) is 4.20. The topological polar surface area (TPSA) is 99.2 Å². The Morgan fingerprint density at radius 1 is 1.56 bits per heavy atom. The van der Waals surface area contributed by atoms with E-state index in [1.807, 2.05) is 6.92 Å². The van der Waals surface area contributed by atoms with Crippen molar-refractivity contribution in [3.05, 3.63) is 33.9 Å². The summed E-state index contributed by atoms with van der Waals surface area (Å²) in [4.78, 5) is 10.4. The van der Waals surface area contributed by atoms with E-state index in [0.717, 1.165) is 0 Å². The molecule has 96 valence electrons. The molecule has 0 spiro atoms. The lowest BCUT2D eigenvalue weighted by Gasteiger charge is -2.16. The molecule has 0 saturated carbocycles. The minimum atomic E-state index is -0.573. The first-order chi connectivity index (χ1) is 8.45. The van der Waals surface area contributed by atoms with Crippen molar-refractivity contribution < 1.29 is 10.0 Å². The van der Waals surface area contributed by atoms with E-state index in [2.05, 4.69) is 5.32 Å². The minimum absolute atomic E-state index is 0.0225. The standard InChI is InChI=1S/C12H15N3O3/c1-8(6-9(2)16)14-11-5-3-4-10(7-13)12(11)15(17)18/h3-5,8-9,14,16H,6H2,1-2H3. The van der Waals surface area contributed by atoms with Crippen molar-refractivity contribution in [1.82, 2.24) is 0 Å². The number of hydrogen-bond acceptors (Lipinski definition) is 5. The molecule has 2 unspecified atom stereocenters. The van der Waals surface area contributed by atoms with Crippen LogP contribution in [0.15, 0.2) is 18.2 Å². The molecule has 0 aliphatic carbocycles. The number of aliphatic hydroxyl groups excluding tert-OH is 1. The van der Waals surface area contributed by atoms with E-state index in [9.17, 15) is 15.2 Å². The van der Waals surface area contributed by atoms with Gasteiger partial charge in [-0.25, -0.2) is 0 Å². The van der Waals surface area contributed by atoms with Gasteiger partial charge in [0.1, 0.15) is 17.3 Å². The highest BCUT2D eigenvalue weighted by molar-refractivity contribution is 5.68. The van der Waals surface area contributed by atoms with E-state index in [0.29, 0.717) is 12.1 Å². The Labute approximate surface area is 105 Å². The lowest BCUT2D eigenvalue weighted by molar-refractivity contribution is -0.384. The molecule has 0 radical (unpaired) electrons. The fourth-order valence-corrected chi connectivity index (χ4v) is 1.78. The highest BCUT2D eigenvalue weighted by atomic mass is 16.6. The van der Waals surface area contributed by atoms with Crippen molar-refractivity contribution in [3.8, 4) is 6.07 Å². The van der Waals surface area contributed by atoms with Crippen LogP contribution in [0.2, 0.25) is 0 Å². The maximum absolute atomic E-state index is 11.0. The van der Waals surface area contributed by atoms with Crippen molar-refractivity contribution >= 4 is 11.4 Å². The van der Waals surface area contributed by atoms with Crippen molar-refractivity contribution in [3.63, 3.8) is 0 Å². The largest absolute Gasteiger partial charge is 0.393 e. The van der Waals surface area contributed by atoms with Gasteiger partial charge in [-0.15, -0.1) is 0 Å². The van der Waals surface area contributed by atoms with Gasteiger partial charge in [-0.2, -0.15) is 5.26 Å². The maximum Gasteiger partial charge on any atom is 0.309 e. The zero-order valence-corrected chi connectivity index (χ0v) is 10.3. The summed E-state index contributed by atoms with van der Waals surface area (Å²) in [6.07, 6.45) is -0.0285. The summed E-state index contributed by atoms with van der Waals surface area (Å²) in [6, 6.07) is 6.22. The van der Waals surface area contributed by atoms with E-state index in [-0.39, 0.29) is 17.3 Å². The van der Waals surface area contributed by atoms with Crippen molar-refractivity contribution in [2.24, 2.45) is 0 Å². The van der Waals surface area contributed by atoms with E-state index >= 15 is 0 Å². The van der Waals surface area contributed by atoms with E-state index in [4.69, 9.17) is 5.26 Å². The van der Waals surface area contributed by atoms with E-state index in [1.54, 1.807) is 25.1 Å². The molecule has 0 fully saturated rings. The van der Waals surface area contributed by atoms with E-state index < -0.39 is 11.0 Å². The Balaban J connectivity index is 3.02. The van der Waals surface area contributed by atoms with Crippen molar-refractivity contribution in [2.75, 3.05) is 5.32 Å². The molecule has 0 aromatic heterocycles. The Bertz CT molecular complexity index is 480. The third kappa shape index (κ3) is 3.43. The van der Waals surface area contributed by atoms with Crippen molar-refractivity contribution in [1.29, 1.82) is 5.26 Å². The Kier molecular flexibility index (Phi) is 4.63. The Morgan fingerprint density at radius 3 is 2.72 bits per heavy atom. The Morgan fingerprint density at radius 2 is 2.22 bits per heavy atom. The maximum atomic E-state index is 11.0. The summed E-state index contributed by atoms with van der Waals surface area (Å²) in [5.41, 5.74) is 0.0962. The zero-order valence-electron chi connectivity index (χ0n) is 10.3. The summed E-state index contributed by atoms with van der Waals surface area (Å²) in [5, 5.41) is 32.0. The highest BCUT2D eigenvalue weighted by Crippen LogP contribution is 2.28. The number of nitriles is 1. The first-order valence-corrected chi connectivity index (χ1v) is 5.57. The van der Waals surface area contributed by atoms with Gasteiger partial charge in [0.05, 0.1) is 11.0 Å². The van der Waals surface area contributed by atoms with Crippen LogP contribution in [0.25, 0.3) is 0 Å². The summed E-state index contributed by atoms with van der Waals surface area (Å²) < 4.78 is 0. The number of aliphatic hydroxyl groups is 1. The summed E-state index contributed by atoms with van der Waals surface area (Å²) in [7, 11) is 0. The number of nitrogens with one attached hydrogen (secondary N) is 1. The molecule has 0 heterocycles. The van der Waals surface area contributed by atoms with Gasteiger partial charge in [0.2, 0.25) is 0 Å². The van der Waals surface area contributed by atoms with Crippen LogP contribution in [0.1, 0.15) is 25.8 Å². The molecule has 2 atom stereocenters. The predicted octanol–water partition coefficient (Wildman–Crippen LogP) is 2.04. The summed E-state index contributed by atoms with van der Waals surface area (Å²) in [6.45, 7) is 3.47. The first kappa shape index (κ1) is 13.9. The molecule has 1 rings (SSSR count). The summed E-state index contributed by atoms with van der Waals surface area (Å²) in [5.74, 6) is 0. The lowest BCUT2D eigenvalue weighted by atomic mass is 10.1. The van der Waals surface area contributed by atoms with Crippen LogP contribution in [0, 0.1) is 21.4 Å². The van der Waals surface area contributed by atoms with Crippen LogP contribution in [0.4, 0.5) is 11.4 Å². The molecule has 0 saturated heterocycles. The number of hydrogen-bond donors (Lipinski definition) is 2. The number of rotatable bonds is 5. The van der Waals surface area contributed by atoms with E-state index in [1.165, 1.54) is 6.07 Å². The first-order valence-electron chi connectivity index (χ1n) is 5.57. The average Bonchev–Trinajstić information content (AvgIpc) is 2.26. The number of benzene rings is 1. The van der Waals surface area contributed by atoms with Gasteiger partial charge in [0.15, 0.2) is 0 Å². The van der Waals surface area contributed by atoms with Gasteiger partial charge < -0.3 is 10.4 Å². The van der Waals surface area contributed by atoms with Gasteiger partial charge in [-0.05, 0) is 32.4 Å². The highest BCUT2D eigenvalue weighted by Gasteiger charge is 2.20. The third-order valence-electron chi connectivity index (χ3n) is 2.44. The normalized spacial score (nSPS) is 13.4. The molecule has 1 aromatic carbocycles. The minimum Gasteiger partial charge on any atom is -0.393 e. The van der Waals surface area contributed by atoms with Crippen LogP contribution >= 0.6 is 0 Å². The van der Waals surface area contributed by atoms with Gasteiger partial charge in [-0.3, -0.25) is 10.1 Å². The molecule has 0 aliphatic rings. The van der Waals surface area contributed by atoms with Crippen molar-refractivity contribution in [2.45, 2.75) is 32.4 Å². The van der Waals surface area contributed by atoms with Crippen LogP contribution < -0.4 is 5.32 Å². The van der Waals surface area contributed by atoms with Gasteiger partial charge in [0.25, 0.3) is 0 Å². The molecule has 0 amide bonds. The number of nitrogens with zero attached hydrogens (tertiary/aromatic N) is 2. The molecule has 18 heavy (non-hydrogen) atoms. The fraction of sp³-hybridized carbons (Fsp3) is 0.417. The van der Waals surface area contributed by atoms with Crippen LogP contribution in [-0.2, 0) is 0 Å². The quantitative estimate of drug-likeness (QED) is 0.614. The van der Waals surface area contributed by atoms with Gasteiger partial charge in [0, 0.05) is 6.04 Å². The fourth-order valence-electron chi connectivity index (χ4n) is 1.78. The molecule has 0 aliphatic heterocycles. The number of anilines is 1. The van der Waals surface area contributed by atoms with Crippen LogP contribution in [0.5, 0.6) is 0 Å². The van der Waals surface area contributed by atoms with Crippen LogP contribution in [-0.4, -0.2) is 22.2 Å². The molecule has 6 nitrogen and oxygen atoms in total. The Hall–Kier alpha value is -2.13. The molecular formula is C12H15N3O3. The second kappa shape index (κ2) is 5.98. The lowest BCUT2D eigenvalue weighted by Crippen LogP contribution is -2.21. The van der Waals surface area contributed by atoms with Gasteiger partial charge >= 0.3 is 5.69 Å². The number of nitro benzene ring substituents is 1. The predicted molar refractivity (Wildman–Crippen MR) is 67.2 cm³/mol. The monoisotopic (exact) mass is 249 g/mol. The van der Waals surface area contributed by atoms with Gasteiger partial charge in [-0.1, -0.05) is 6.07 Å². The molecular weight excluding hydrogens is 234 g/mol. The smallest absolute Gasteiger partial charge is 0.309 e. The second-order valence-electron chi connectivity index (χ2n) is 4.20. The molecule has 0 bridgehead atoms. The summed E-state index contributed by atoms with van der Waals surface area (Å²) >= 11 is 0. The molecule has 6 heteroatoms.